The minimum absolute atomic E-state index is 0.346. The van der Waals surface area contributed by atoms with E-state index in [2.05, 4.69) is 29.9 Å². The van der Waals surface area contributed by atoms with Crippen molar-refractivity contribution in [1.82, 2.24) is 29.9 Å². The Hall–Kier alpha value is -3.90. The predicted molar refractivity (Wildman–Crippen MR) is 153 cm³/mol. The summed E-state index contributed by atoms with van der Waals surface area (Å²) in [7, 11) is 9.71. The van der Waals surface area contributed by atoms with Crippen LogP contribution in [0.15, 0.2) is 134 Å². The first-order valence-corrected chi connectivity index (χ1v) is 16.2. The molecule has 6 rings (SSSR count). The molecule has 0 radical (unpaired) electrons. The number of hydrogen-bond acceptors (Lipinski definition) is 6. The van der Waals surface area contributed by atoms with E-state index in [1.165, 1.54) is 0 Å². The van der Waals surface area contributed by atoms with Gasteiger partial charge >= 0.3 is 34.5 Å². The van der Waals surface area contributed by atoms with Crippen LogP contribution in [0.2, 0.25) is 0 Å². The predicted octanol–water partition coefficient (Wildman–Crippen LogP) is 7.79. The van der Waals surface area contributed by atoms with Crippen LogP contribution in [-0.2, 0) is 15.1 Å². The molecule has 0 aliphatic heterocycles. The third kappa shape index (κ3) is 8.55. The van der Waals surface area contributed by atoms with E-state index >= 15 is 0 Å². The minimum Gasteiger partial charge on any atom is -0.255 e. The molecule has 39 heavy (non-hydrogen) atoms. The minimum atomic E-state index is -0.346. The summed E-state index contributed by atoms with van der Waals surface area (Å²) in [6.07, 6.45) is 7.07. The molecule has 0 amide bonds. The summed E-state index contributed by atoms with van der Waals surface area (Å²) in [5.41, 5.74) is 6.92. The first kappa shape index (κ1) is 28.1. The first-order chi connectivity index (χ1) is 19.3. The largest absolute Gasteiger partial charge is 0.255 e. The molecular formula is C30H22Cl2N6Ru. The number of hydrogen-bond donors (Lipinski definition) is 0. The Morgan fingerprint density at radius 3 is 0.769 bits per heavy atom. The van der Waals surface area contributed by atoms with Crippen LogP contribution in [-0.4, -0.2) is 29.9 Å². The Morgan fingerprint density at radius 1 is 0.333 bits per heavy atom. The van der Waals surface area contributed by atoms with Gasteiger partial charge in [0.2, 0.25) is 0 Å². The van der Waals surface area contributed by atoms with Crippen molar-refractivity contribution in [2.45, 2.75) is 0 Å². The number of aromatic nitrogens is 6. The van der Waals surface area contributed by atoms with Gasteiger partial charge in [0.25, 0.3) is 0 Å². The summed E-state index contributed by atoms with van der Waals surface area (Å²) in [4.78, 5) is 26.4. The quantitative estimate of drug-likeness (QED) is 0.184. The van der Waals surface area contributed by atoms with E-state index < -0.39 is 0 Å². The molecule has 0 aliphatic rings. The van der Waals surface area contributed by atoms with E-state index in [9.17, 15) is 0 Å². The molecule has 0 saturated heterocycles. The number of rotatable bonds is 4. The monoisotopic (exact) mass is 638 g/mol. The van der Waals surface area contributed by atoms with E-state index in [0.717, 1.165) is 45.6 Å². The van der Waals surface area contributed by atoms with E-state index in [0.29, 0.717) is 0 Å². The van der Waals surface area contributed by atoms with Gasteiger partial charge in [-0.05, 0) is 72.8 Å². The summed E-state index contributed by atoms with van der Waals surface area (Å²) in [6, 6.07) is 35.0. The van der Waals surface area contributed by atoms with Crippen LogP contribution in [0.5, 0.6) is 0 Å². The molecule has 6 aromatic rings. The van der Waals surface area contributed by atoms with Crippen LogP contribution in [0.3, 0.4) is 0 Å². The van der Waals surface area contributed by atoms with Gasteiger partial charge in [0.1, 0.15) is 0 Å². The maximum Gasteiger partial charge on any atom is 0.0894 e. The smallest absolute Gasteiger partial charge is 0.0894 e. The molecule has 0 bridgehead atoms. The second-order valence-corrected chi connectivity index (χ2v) is 10.4. The summed E-state index contributed by atoms with van der Waals surface area (Å²) < 4.78 is 0. The van der Waals surface area contributed by atoms with Crippen LogP contribution in [0.1, 0.15) is 0 Å². The van der Waals surface area contributed by atoms with Crippen molar-refractivity contribution < 1.29 is 15.1 Å². The third-order valence-corrected chi connectivity index (χ3v) is 5.21. The zero-order valence-corrected chi connectivity index (χ0v) is 23.7. The molecule has 6 aromatic heterocycles. The fourth-order valence-corrected chi connectivity index (χ4v) is 3.50. The van der Waals surface area contributed by atoms with Gasteiger partial charge in [-0.1, -0.05) is 36.4 Å². The third-order valence-electron chi connectivity index (χ3n) is 5.21. The second-order valence-electron chi connectivity index (χ2n) is 7.73. The van der Waals surface area contributed by atoms with Crippen molar-refractivity contribution in [1.29, 1.82) is 0 Å². The fraction of sp³-hybridized carbons (Fsp3) is 0. The van der Waals surface area contributed by atoms with Crippen LogP contribution in [0.4, 0.5) is 0 Å². The average Bonchev–Trinajstić information content (AvgIpc) is 3.04. The van der Waals surface area contributed by atoms with E-state index in [4.69, 9.17) is 19.4 Å². The van der Waals surface area contributed by atoms with Gasteiger partial charge in [0.05, 0.1) is 45.6 Å². The van der Waals surface area contributed by atoms with Crippen molar-refractivity contribution in [3.8, 4) is 45.6 Å². The van der Waals surface area contributed by atoms with Gasteiger partial charge in [-0.25, -0.2) is 9.97 Å². The Morgan fingerprint density at radius 2 is 0.564 bits per heavy atom. The van der Waals surface area contributed by atoms with E-state index in [1.54, 1.807) is 24.8 Å². The zero-order chi connectivity index (χ0) is 27.1. The summed E-state index contributed by atoms with van der Waals surface area (Å²) in [5.74, 6) is 0. The summed E-state index contributed by atoms with van der Waals surface area (Å²) >= 11 is -0.346. The van der Waals surface area contributed by atoms with Crippen molar-refractivity contribution >= 4 is 19.4 Å². The topological polar surface area (TPSA) is 77.3 Å². The standard InChI is InChI=1S/2C15H11N3.2ClH.Ru/c2*1-3-10-16-12(6-1)14-8-5-9-15(18-14)13-7-2-4-11-17-13;;;/h2*1-11H;2*1H;/q;;;;+2/p-2. The van der Waals surface area contributed by atoms with Gasteiger partial charge < -0.3 is 0 Å². The zero-order valence-electron chi connectivity index (χ0n) is 20.5. The molecule has 0 unspecified atom stereocenters. The first-order valence-electron chi connectivity index (χ1n) is 11.7. The van der Waals surface area contributed by atoms with Gasteiger partial charge in [-0.3, -0.25) is 19.9 Å². The molecular weight excluding hydrogens is 616 g/mol. The Bertz CT molecular complexity index is 1320. The summed E-state index contributed by atoms with van der Waals surface area (Å²) in [5, 5.41) is 0. The molecule has 0 N–H and O–H groups in total. The van der Waals surface area contributed by atoms with E-state index in [-0.39, 0.29) is 15.1 Å². The summed E-state index contributed by atoms with van der Waals surface area (Å²) in [6.45, 7) is 0. The molecule has 0 aliphatic carbocycles. The molecule has 0 spiro atoms. The SMILES string of the molecule is [Cl][Ru][Cl].c1ccc(-c2cccc(-c3ccccn3)n2)nc1.c1ccc(-c2cccc(-c3ccccn3)n2)nc1. The van der Waals surface area contributed by atoms with Crippen LogP contribution >= 0.6 is 19.4 Å². The van der Waals surface area contributed by atoms with Crippen molar-refractivity contribution in [3.05, 3.63) is 134 Å². The van der Waals surface area contributed by atoms with Crippen molar-refractivity contribution in [3.63, 3.8) is 0 Å². The molecule has 6 heterocycles. The normalized spacial score (nSPS) is 10.0. The second kappa shape index (κ2) is 15.5. The molecule has 0 saturated carbocycles. The molecule has 0 aromatic carbocycles. The molecule has 9 heteroatoms. The number of pyridine rings is 6. The molecule has 6 nitrogen and oxygen atoms in total. The van der Waals surface area contributed by atoms with Gasteiger partial charge in [0, 0.05) is 24.8 Å². The average molecular weight is 639 g/mol. The maximum absolute atomic E-state index is 4.85. The molecule has 0 atom stereocenters. The maximum atomic E-state index is 4.85. The van der Waals surface area contributed by atoms with Gasteiger partial charge in [-0.2, -0.15) is 0 Å². The number of nitrogens with zero attached hydrogens (tertiary/aromatic N) is 6. The Balaban J connectivity index is 0.000000165. The Kier molecular flexibility index (Phi) is 11.2. The van der Waals surface area contributed by atoms with Crippen LogP contribution in [0, 0.1) is 0 Å². The van der Waals surface area contributed by atoms with Gasteiger partial charge in [0.15, 0.2) is 0 Å². The van der Waals surface area contributed by atoms with Gasteiger partial charge in [-0.15, -0.1) is 0 Å². The van der Waals surface area contributed by atoms with Crippen molar-refractivity contribution in [2.75, 3.05) is 0 Å². The van der Waals surface area contributed by atoms with Crippen LogP contribution < -0.4 is 0 Å². The fourth-order valence-electron chi connectivity index (χ4n) is 3.50. The van der Waals surface area contributed by atoms with Crippen molar-refractivity contribution in [2.24, 2.45) is 0 Å². The van der Waals surface area contributed by atoms with Crippen LogP contribution in [0.25, 0.3) is 45.6 Å². The van der Waals surface area contributed by atoms with E-state index in [1.807, 2.05) is 109 Å². The molecule has 0 fully saturated rings. The molecule has 194 valence electrons. The Labute approximate surface area is 242 Å². The number of halogens is 2.